The van der Waals surface area contributed by atoms with Crippen molar-refractivity contribution in [3.63, 3.8) is 0 Å². The van der Waals surface area contributed by atoms with Gasteiger partial charge in [0.2, 0.25) is 0 Å². The first kappa shape index (κ1) is 15.2. The van der Waals surface area contributed by atoms with Crippen LogP contribution in [0.4, 0.5) is 0 Å². The van der Waals surface area contributed by atoms with E-state index in [1.807, 2.05) is 24.4 Å². The summed E-state index contributed by atoms with van der Waals surface area (Å²) in [5.74, 6) is 1.01. The van der Waals surface area contributed by atoms with Crippen molar-refractivity contribution in [2.45, 2.75) is 25.4 Å². The molecule has 0 radical (unpaired) electrons. The number of benzene rings is 2. The number of ether oxygens (including phenoxy) is 1. The van der Waals surface area contributed by atoms with Crippen LogP contribution in [-0.2, 0) is 19.4 Å². The number of aliphatic hydroxyl groups excluding tert-OH is 1. The van der Waals surface area contributed by atoms with Gasteiger partial charge >= 0.3 is 0 Å². The zero-order chi connectivity index (χ0) is 16.4. The van der Waals surface area contributed by atoms with Crippen LogP contribution in [0.1, 0.15) is 16.7 Å². The van der Waals surface area contributed by atoms with Crippen LogP contribution in [0.15, 0.2) is 48.7 Å². The molecular formula is C20H22N2O2. The number of hydrogen-bond donors (Lipinski definition) is 3. The predicted octanol–water partition coefficient (Wildman–Crippen LogP) is 2.80. The number of H-pyrrole nitrogens is 1. The normalized spacial score (nSPS) is 14.5. The van der Waals surface area contributed by atoms with Gasteiger partial charge in [-0.2, -0.15) is 0 Å². The minimum atomic E-state index is 0.0358. The largest absolute Gasteiger partial charge is 0.493 e. The molecule has 1 aliphatic heterocycles. The average Bonchev–Trinajstić information content (AvgIpc) is 3.25. The van der Waals surface area contributed by atoms with E-state index in [0.717, 1.165) is 37.3 Å². The van der Waals surface area contributed by atoms with Crippen LogP contribution in [0.2, 0.25) is 0 Å². The molecule has 0 amide bonds. The summed E-state index contributed by atoms with van der Waals surface area (Å²) in [6.07, 6.45) is 3.83. The molecule has 1 atom stereocenters. The highest BCUT2D eigenvalue weighted by molar-refractivity contribution is 5.83. The molecule has 4 rings (SSSR count). The molecule has 124 valence electrons. The van der Waals surface area contributed by atoms with Crippen LogP contribution in [0.25, 0.3) is 10.9 Å². The third-order valence-electron chi connectivity index (χ3n) is 4.71. The third-order valence-corrected chi connectivity index (χ3v) is 4.71. The van der Waals surface area contributed by atoms with Crippen molar-refractivity contribution in [1.82, 2.24) is 10.3 Å². The molecular weight excluding hydrogens is 300 g/mol. The van der Waals surface area contributed by atoms with Gasteiger partial charge in [0.25, 0.3) is 0 Å². The smallest absolute Gasteiger partial charge is 0.122 e. The molecule has 3 N–H and O–H groups in total. The Morgan fingerprint density at radius 2 is 2.12 bits per heavy atom. The fourth-order valence-corrected chi connectivity index (χ4v) is 3.38. The Kier molecular flexibility index (Phi) is 4.24. The zero-order valence-electron chi connectivity index (χ0n) is 13.6. The second-order valence-corrected chi connectivity index (χ2v) is 6.36. The molecule has 0 aliphatic carbocycles. The summed E-state index contributed by atoms with van der Waals surface area (Å²) in [5.41, 5.74) is 4.89. The topological polar surface area (TPSA) is 57.3 Å². The van der Waals surface area contributed by atoms with Crippen molar-refractivity contribution in [2.75, 3.05) is 13.2 Å². The Morgan fingerprint density at radius 1 is 1.21 bits per heavy atom. The van der Waals surface area contributed by atoms with Crippen molar-refractivity contribution >= 4 is 10.9 Å². The summed E-state index contributed by atoms with van der Waals surface area (Å²) in [6.45, 7) is 1.65. The number of fused-ring (bicyclic) bond motifs is 2. The van der Waals surface area contributed by atoms with E-state index in [4.69, 9.17) is 4.74 Å². The first-order valence-corrected chi connectivity index (χ1v) is 8.47. The summed E-state index contributed by atoms with van der Waals surface area (Å²) in [7, 11) is 0. The van der Waals surface area contributed by atoms with E-state index >= 15 is 0 Å². The number of para-hydroxylation sites is 1. The van der Waals surface area contributed by atoms with Gasteiger partial charge in [0.05, 0.1) is 13.2 Å². The zero-order valence-corrected chi connectivity index (χ0v) is 13.6. The SMILES string of the molecule is OCC(Cc1c[nH]c2ccccc12)NCc1ccc2c(c1)CCO2. The Hall–Kier alpha value is -2.30. The highest BCUT2D eigenvalue weighted by Gasteiger charge is 2.14. The van der Waals surface area contributed by atoms with Crippen LogP contribution in [-0.4, -0.2) is 29.3 Å². The summed E-state index contributed by atoms with van der Waals surface area (Å²) in [4.78, 5) is 3.30. The van der Waals surface area contributed by atoms with E-state index < -0.39 is 0 Å². The molecule has 2 aromatic carbocycles. The van der Waals surface area contributed by atoms with Gasteiger partial charge < -0.3 is 20.1 Å². The highest BCUT2D eigenvalue weighted by atomic mass is 16.5. The molecule has 3 aromatic rings. The van der Waals surface area contributed by atoms with Gasteiger partial charge in [0.15, 0.2) is 0 Å². The molecule has 1 aliphatic rings. The fraction of sp³-hybridized carbons (Fsp3) is 0.300. The number of rotatable bonds is 6. The van der Waals surface area contributed by atoms with Gasteiger partial charge in [-0.3, -0.25) is 0 Å². The molecule has 1 aromatic heterocycles. The number of hydrogen-bond acceptors (Lipinski definition) is 3. The van der Waals surface area contributed by atoms with Crippen molar-refractivity contribution in [3.8, 4) is 5.75 Å². The standard InChI is InChI=1S/C20H22N2O2/c23-13-17(10-16-12-22-19-4-2-1-3-18(16)19)21-11-14-5-6-20-15(9-14)7-8-24-20/h1-6,9,12,17,21-23H,7-8,10-11,13H2. The third kappa shape index (κ3) is 3.03. The first-order chi connectivity index (χ1) is 11.8. The van der Waals surface area contributed by atoms with Crippen molar-refractivity contribution < 1.29 is 9.84 Å². The summed E-state index contributed by atoms with van der Waals surface area (Å²) in [6, 6.07) is 14.7. The molecule has 0 saturated heterocycles. The quantitative estimate of drug-likeness (QED) is 0.654. The highest BCUT2D eigenvalue weighted by Crippen LogP contribution is 2.26. The maximum absolute atomic E-state index is 9.74. The lowest BCUT2D eigenvalue weighted by atomic mass is 10.0. The molecule has 1 unspecified atom stereocenters. The van der Waals surface area contributed by atoms with E-state index in [0.29, 0.717) is 0 Å². The van der Waals surface area contributed by atoms with E-state index in [1.54, 1.807) is 0 Å². The predicted molar refractivity (Wildman–Crippen MR) is 95.4 cm³/mol. The van der Waals surface area contributed by atoms with Gasteiger partial charge in [-0.25, -0.2) is 0 Å². The van der Waals surface area contributed by atoms with Crippen LogP contribution in [0, 0.1) is 0 Å². The summed E-state index contributed by atoms with van der Waals surface area (Å²) < 4.78 is 5.55. The fourth-order valence-electron chi connectivity index (χ4n) is 3.38. The van der Waals surface area contributed by atoms with Gasteiger partial charge in [-0.05, 0) is 35.2 Å². The second kappa shape index (κ2) is 6.67. The minimum Gasteiger partial charge on any atom is -0.493 e. The lowest BCUT2D eigenvalue weighted by molar-refractivity contribution is 0.241. The van der Waals surface area contributed by atoms with Crippen molar-refractivity contribution in [3.05, 3.63) is 65.4 Å². The molecule has 0 saturated carbocycles. The Balaban J connectivity index is 1.43. The van der Waals surface area contributed by atoms with Crippen LogP contribution >= 0.6 is 0 Å². The molecule has 24 heavy (non-hydrogen) atoms. The molecule has 4 nitrogen and oxygen atoms in total. The number of aromatic amines is 1. The van der Waals surface area contributed by atoms with E-state index in [2.05, 4.69) is 34.6 Å². The summed E-state index contributed by atoms with van der Waals surface area (Å²) in [5, 5.41) is 14.4. The Morgan fingerprint density at radius 3 is 3.04 bits per heavy atom. The maximum atomic E-state index is 9.74. The van der Waals surface area contributed by atoms with Gasteiger partial charge in [-0.1, -0.05) is 30.3 Å². The maximum Gasteiger partial charge on any atom is 0.122 e. The first-order valence-electron chi connectivity index (χ1n) is 8.47. The van der Waals surface area contributed by atoms with E-state index in [-0.39, 0.29) is 12.6 Å². The molecule has 0 fully saturated rings. The number of aromatic nitrogens is 1. The number of nitrogens with one attached hydrogen (secondary N) is 2. The second-order valence-electron chi connectivity index (χ2n) is 6.36. The van der Waals surface area contributed by atoms with Gasteiger partial charge in [0.1, 0.15) is 5.75 Å². The Labute approximate surface area is 141 Å². The Bertz CT molecular complexity index is 841. The average molecular weight is 322 g/mol. The van der Waals surface area contributed by atoms with E-state index in [9.17, 15) is 5.11 Å². The molecule has 0 bridgehead atoms. The lowest BCUT2D eigenvalue weighted by Gasteiger charge is -2.16. The van der Waals surface area contributed by atoms with E-state index in [1.165, 1.54) is 22.1 Å². The molecule has 2 heterocycles. The molecule has 0 spiro atoms. The van der Waals surface area contributed by atoms with Crippen LogP contribution in [0.5, 0.6) is 5.75 Å². The van der Waals surface area contributed by atoms with Crippen molar-refractivity contribution in [1.29, 1.82) is 0 Å². The van der Waals surface area contributed by atoms with Crippen molar-refractivity contribution in [2.24, 2.45) is 0 Å². The monoisotopic (exact) mass is 322 g/mol. The van der Waals surface area contributed by atoms with Crippen LogP contribution < -0.4 is 10.1 Å². The van der Waals surface area contributed by atoms with Gasteiger partial charge in [-0.15, -0.1) is 0 Å². The summed E-state index contributed by atoms with van der Waals surface area (Å²) >= 11 is 0. The lowest BCUT2D eigenvalue weighted by Crippen LogP contribution is -2.34. The number of aliphatic hydroxyl groups is 1. The molecule has 4 heteroatoms. The van der Waals surface area contributed by atoms with Crippen LogP contribution in [0.3, 0.4) is 0 Å². The van der Waals surface area contributed by atoms with Gasteiger partial charge in [0, 0.05) is 36.1 Å². The minimum absolute atomic E-state index is 0.0358.